The fourth-order valence-electron chi connectivity index (χ4n) is 3.35. The lowest BCUT2D eigenvalue weighted by Crippen LogP contribution is -2.52. The van der Waals surface area contributed by atoms with E-state index in [9.17, 15) is 0 Å². The summed E-state index contributed by atoms with van der Waals surface area (Å²) in [6.45, 7) is 0.181. The van der Waals surface area contributed by atoms with E-state index in [0.717, 1.165) is 5.69 Å². The zero-order chi connectivity index (χ0) is 16.9. The number of pyridine rings is 1. The van der Waals surface area contributed by atoms with Gasteiger partial charge in [0.05, 0.1) is 5.69 Å². The first-order valence-electron chi connectivity index (χ1n) is 8.54. The smallest absolute Gasteiger partial charge is 0.242 e. The Bertz CT molecular complexity index is 898. The van der Waals surface area contributed by atoms with Crippen LogP contribution in [0.25, 0.3) is 11.3 Å². The molecule has 0 radical (unpaired) electrons. The minimum atomic E-state index is 0.181. The lowest BCUT2D eigenvalue weighted by molar-refractivity contribution is 1.33. The third-order valence-electron chi connectivity index (χ3n) is 4.48. The van der Waals surface area contributed by atoms with Gasteiger partial charge in [0.15, 0.2) is 0 Å². The molecule has 0 unspecified atom stereocenters. The molecule has 0 amide bonds. The van der Waals surface area contributed by atoms with Crippen molar-refractivity contribution in [2.75, 3.05) is 0 Å². The number of rotatable bonds is 4. The summed E-state index contributed by atoms with van der Waals surface area (Å²) in [4.78, 5) is 4.58. The molecule has 0 atom stereocenters. The molecule has 0 aliphatic rings. The van der Waals surface area contributed by atoms with E-state index in [-0.39, 0.29) is 6.71 Å². The lowest BCUT2D eigenvalue weighted by Gasteiger charge is -2.19. The molecule has 0 saturated heterocycles. The van der Waals surface area contributed by atoms with Gasteiger partial charge >= 0.3 is 0 Å². The van der Waals surface area contributed by atoms with E-state index in [1.54, 1.807) is 0 Å². The molecule has 4 rings (SSSR count). The predicted octanol–water partition coefficient (Wildman–Crippen LogP) is 3.26. The van der Waals surface area contributed by atoms with Crippen LogP contribution in [-0.4, -0.2) is 11.7 Å². The molecule has 0 saturated carbocycles. The van der Waals surface area contributed by atoms with Crippen LogP contribution in [0.15, 0.2) is 109 Å². The molecule has 2 heteroatoms. The van der Waals surface area contributed by atoms with Crippen molar-refractivity contribution in [1.29, 1.82) is 0 Å². The van der Waals surface area contributed by atoms with E-state index >= 15 is 0 Å². The molecule has 0 N–H and O–H groups in total. The third kappa shape index (κ3) is 3.24. The fraction of sp³-hybridized carbons (Fsp3) is 0. The molecule has 0 aliphatic heterocycles. The normalized spacial score (nSPS) is 10.4. The van der Waals surface area contributed by atoms with Crippen LogP contribution in [0.3, 0.4) is 0 Å². The quantitative estimate of drug-likeness (QED) is 0.526. The molecule has 25 heavy (non-hydrogen) atoms. The molecular formula is C23H18BN. The molecule has 1 nitrogen and oxygen atoms in total. The number of benzene rings is 3. The van der Waals surface area contributed by atoms with E-state index in [0.29, 0.717) is 0 Å². The topological polar surface area (TPSA) is 12.9 Å². The van der Waals surface area contributed by atoms with Gasteiger partial charge in [0.2, 0.25) is 6.71 Å². The molecule has 1 aromatic heterocycles. The number of aromatic nitrogens is 1. The van der Waals surface area contributed by atoms with E-state index in [2.05, 4.69) is 96.0 Å². The Kier molecular flexibility index (Phi) is 4.43. The fourth-order valence-corrected chi connectivity index (χ4v) is 3.35. The molecule has 1 heterocycles. The van der Waals surface area contributed by atoms with Crippen molar-refractivity contribution < 1.29 is 0 Å². The minimum Gasteiger partial charge on any atom is -0.256 e. The second-order valence-corrected chi connectivity index (χ2v) is 6.06. The van der Waals surface area contributed by atoms with E-state index in [1.807, 2.05) is 18.3 Å². The van der Waals surface area contributed by atoms with Gasteiger partial charge in [-0.15, -0.1) is 0 Å². The Morgan fingerprint density at radius 1 is 0.520 bits per heavy atom. The average Bonchev–Trinajstić information content (AvgIpc) is 2.71. The molecular weight excluding hydrogens is 301 g/mol. The third-order valence-corrected chi connectivity index (χ3v) is 4.48. The first-order valence-corrected chi connectivity index (χ1v) is 8.54. The van der Waals surface area contributed by atoms with Crippen LogP contribution in [0.2, 0.25) is 0 Å². The summed E-state index contributed by atoms with van der Waals surface area (Å²) >= 11 is 0. The van der Waals surface area contributed by atoms with Crippen molar-refractivity contribution in [3.63, 3.8) is 0 Å². The second-order valence-electron chi connectivity index (χ2n) is 6.06. The monoisotopic (exact) mass is 319 g/mol. The Hall–Kier alpha value is -3.13. The largest absolute Gasteiger partial charge is 0.256 e. The highest BCUT2D eigenvalue weighted by atomic mass is 14.7. The van der Waals surface area contributed by atoms with E-state index in [1.165, 1.54) is 22.0 Å². The van der Waals surface area contributed by atoms with Gasteiger partial charge in [-0.25, -0.2) is 0 Å². The van der Waals surface area contributed by atoms with Crippen LogP contribution in [0.1, 0.15) is 0 Å². The van der Waals surface area contributed by atoms with Crippen molar-refractivity contribution in [3.8, 4) is 11.3 Å². The maximum absolute atomic E-state index is 4.58. The summed E-state index contributed by atoms with van der Waals surface area (Å²) in [5.74, 6) is 0. The molecule has 0 fully saturated rings. The van der Waals surface area contributed by atoms with Gasteiger partial charge in [-0.1, -0.05) is 107 Å². The highest BCUT2D eigenvalue weighted by Crippen LogP contribution is 2.14. The first-order chi connectivity index (χ1) is 12.4. The van der Waals surface area contributed by atoms with Crippen LogP contribution >= 0.6 is 0 Å². The molecule has 0 aliphatic carbocycles. The van der Waals surface area contributed by atoms with E-state index < -0.39 is 0 Å². The van der Waals surface area contributed by atoms with Gasteiger partial charge in [0, 0.05) is 6.20 Å². The number of nitrogens with zero attached hydrogens (tertiary/aromatic N) is 1. The number of hydrogen-bond acceptors (Lipinski definition) is 1. The summed E-state index contributed by atoms with van der Waals surface area (Å²) in [5.41, 5.74) is 6.04. The lowest BCUT2D eigenvalue weighted by atomic mass is 9.36. The Morgan fingerprint density at radius 2 is 1.08 bits per heavy atom. The van der Waals surface area contributed by atoms with Crippen LogP contribution in [-0.2, 0) is 0 Å². The van der Waals surface area contributed by atoms with Gasteiger partial charge in [-0.3, -0.25) is 4.98 Å². The van der Waals surface area contributed by atoms with Crippen LogP contribution < -0.4 is 16.4 Å². The van der Waals surface area contributed by atoms with Crippen molar-refractivity contribution in [2.45, 2.75) is 0 Å². The highest BCUT2D eigenvalue weighted by molar-refractivity contribution is 6.96. The van der Waals surface area contributed by atoms with E-state index in [4.69, 9.17) is 0 Å². The van der Waals surface area contributed by atoms with Crippen LogP contribution in [0, 0.1) is 0 Å². The number of hydrogen-bond donors (Lipinski definition) is 0. The predicted molar refractivity (Wildman–Crippen MR) is 107 cm³/mol. The van der Waals surface area contributed by atoms with Crippen molar-refractivity contribution >= 4 is 23.1 Å². The van der Waals surface area contributed by atoms with Gasteiger partial charge in [-0.05, 0) is 17.7 Å². The summed E-state index contributed by atoms with van der Waals surface area (Å²) in [5, 5.41) is 0. The molecule has 4 aromatic rings. The molecule has 0 bridgehead atoms. The highest BCUT2D eigenvalue weighted by Gasteiger charge is 2.24. The molecule has 118 valence electrons. The standard InChI is InChI=1S/C23H18BN/c1-3-11-19(12-4-1)24(20-13-5-2-6-14-20)22-16-8-7-15-21(22)23-17-9-10-18-25-23/h1-18H. The summed E-state index contributed by atoms with van der Waals surface area (Å²) in [7, 11) is 0. The minimum absolute atomic E-state index is 0.181. The molecule has 0 spiro atoms. The van der Waals surface area contributed by atoms with Gasteiger partial charge in [0.25, 0.3) is 0 Å². The summed E-state index contributed by atoms with van der Waals surface area (Å²) in [6, 6.07) is 36.0. The Balaban J connectivity index is 1.93. The average molecular weight is 319 g/mol. The second kappa shape index (κ2) is 7.19. The van der Waals surface area contributed by atoms with Gasteiger partial charge in [-0.2, -0.15) is 0 Å². The van der Waals surface area contributed by atoms with Crippen molar-refractivity contribution in [2.24, 2.45) is 0 Å². The van der Waals surface area contributed by atoms with Gasteiger partial charge in [0.1, 0.15) is 0 Å². The zero-order valence-corrected chi connectivity index (χ0v) is 13.9. The van der Waals surface area contributed by atoms with Crippen molar-refractivity contribution in [1.82, 2.24) is 4.98 Å². The molecule has 3 aromatic carbocycles. The zero-order valence-electron chi connectivity index (χ0n) is 13.9. The Labute approximate surface area is 149 Å². The van der Waals surface area contributed by atoms with Crippen LogP contribution in [0.5, 0.6) is 0 Å². The van der Waals surface area contributed by atoms with Crippen LogP contribution in [0.4, 0.5) is 0 Å². The summed E-state index contributed by atoms with van der Waals surface area (Å²) < 4.78 is 0. The maximum Gasteiger partial charge on any atom is 0.242 e. The van der Waals surface area contributed by atoms with Crippen molar-refractivity contribution in [3.05, 3.63) is 109 Å². The Morgan fingerprint density at radius 3 is 1.68 bits per heavy atom. The summed E-state index contributed by atoms with van der Waals surface area (Å²) in [6.07, 6.45) is 1.85. The first kappa shape index (κ1) is 15.4. The maximum atomic E-state index is 4.58. The SMILES string of the molecule is c1ccc(B(c2ccccc2)c2ccccc2-c2ccccn2)cc1. The van der Waals surface area contributed by atoms with Gasteiger partial charge < -0.3 is 0 Å².